The Bertz CT molecular complexity index is 1070. The van der Waals surface area contributed by atoms with Crippen LogP contribution >= 0.6 is 22.7 Å². The van der Waals surface area contributed by atoms with Crippen LogP contribution in [0.2, 0.25) is 0 Å². The van der Waals surface area contributed by atoms with Crippen LogP contribution in [0.3, 0.4) is 0 Å². The summed E-state index contributed by atoms with van der Waals surface area (Å²) in [6.07, 6.45) is 1.63. The highest BCUT2D eigenvalue weighted by Gasteiger charge is 2.23. The van der Waals surface area contributed by atoms with Crippen LogP contribution in [0.15, 0.2) is 35.0 Å². The Kier molecular flexibility index (Phi) is 7.07. The summed E-state index contributed by atoms with van der Waals surface area (Å²) in [6, 6.07) is 6.25. The first kappa shape index (κ1) is 21.8. The van der Waals surface area contributed by atoms with Gasteiger partial charge >= 0.3 is 11.9 Å². The van der Waals surface area contributed by atoms with Crippen LogP contribution in [0.5, 0.6) is 5.75 Å². The highest BCUT2D eigenvalue weighted by Crippen LogP contribution is 2.30. The van der Waals surface area contributed by atoms with E-state index in [0.717, 1.165) is 28.9 Å². The zero-order valence-corrected chi connectivity index (χ0v) is 17.9. The van der Waals surface area contributed by atoms with Crippen LogP contribution in [0, 0.1) is 0 Å². The summed E-state index contributed by atoms with van der Waals surface area (Å²) in [5.41, 5.74) is 1.05. The van der Waals surface area contributed by atoms with Gasteiger partial charge in [-0.2, -0.15) is 0 Å². The van der Waals surface area contributed by atoms with Crippen molar-refractivity contribution in [2.45, 2.75) is 26.3 Å². The van der Waals surface area contributed by atoms with E-state index in [1.54, 1.807) is 22.9 Å². The topological polar surface area (TPSA) is 104 Å². The molecule has 7 nitrogen and oxygen atoms in total. The van der Waals surface area contributed by atoms with E-state index < -0.39 is 11.9 Å². The molecule has 158 valence electrons. The number of aromatic hydroxyl groups is 1. The quantitative estimate of drug-likeness (QED) is 0.373. The summed E-state index contributed by atoms with van der Waals surface area (Å²) in [5.74, 6) is -1.80. The van der Waals surface area contributed by atoms with Gasteiger partial charge in [0.1, 0.15) is 17.2 Å². The van der Waals surface area contributed by atoms with E-state index in [9.17, 15) is 19.5 Å². The van der Waals surface area contributed by atoms with E-state index in [2.05, 4.69) is 0 Å². The van der Waals surface area contributed by atoms with Crippen LogP contribution in [-0.2, 0) is 16.1 Å². The van der Waals surface area contributed by atoms with Gasteiger partial charge in [-0.15, -0.1) is 22.7 Å². The maximum Gasteiger partial charge on any atom is 0.345 e. The number of hydrogen-bond donors (Lipinski definition) is 2. The molecule has 0 spiro atoms. The van der Waals surface area contributed by atoms with Gasteiger partial charge in [0.15, 0.2) is 0 Å². The van der Waals surface area contributed by atoms with Crippen LogP contribution in [-0.4, -0.2) is 46.1 Å². The number of carboxylic acids is 1. The maximum atomic E-state index is 13.3. The second-order valence-electron chi connectivity index (χ2n) is 6.69. The van der Waals surface area contributed by atoms with Crippen molar-refractivity contribution in [1.82, 2.24) is 4.90 Å². The molecule has 1 amide bonds. The van der Waals surface area contributed by atoms with E-state index >= 15 is 0 Å². The normalized spacial score (nSPS) is 10.8. The molecule has 0 saturated carbocycles. The smallest absolute Gasteiger partial charge is 0.345 e. The molecule has 9 heteroatoms. The first-order chi connectivity index (χ1) is 14.4. The Balaban J connectivity index is 1.85. The second kappa shape index (κ2) is 9.73. The fraction of sp³-hybridized carbons (Fsp3) is 0.286. The summed E-state index contributed by atoms with van der Waals surface area (Å²) < 4.78 is 5.97. The summed E-state index contributed by atoms with van der Waals surface area (Å²) >= 11 is 2.39. The van der Waals surface area contributed by atoms with Crippen molar-refractivity contribution in [1.29, 1.82) is 0 Å². The number of hydrogen-bond acceptors (Lipinski definition) is 7. The highest BCUT2D eigenvalue weighted by molar-refractivity contribution is 7.17. The van der Waals surface area contributed by atoms with Crippen molar-refractivity contribution in [3.63, 3.8) is 0 Å². The molecule has 3 aromatic rings. The van der Waals surface area contributed by atoms with E-state index in [1.807, 2.05) is 6.92 Å². The molecule has 0 bridgehead atoms. The number of benzene rings is 1. The number of aromatic carboxylic acids is 1. The molecule has 2 aromatic heterocycles. The fourth-order valence-corrected chi connectivity index (χ4v) is 4.58. The first-order valence-electron chi connectivity index (χ1n) is 9.35. The number of fused-ring (bicyclic) bond motifs is 1. The van der Waals surface area contributed by atoms with Crippen molar-refractivity contribution >= 4 is 50.6 Å². The molecule has 0 aliphatic rings. The number of unbranched alkanes of at least 4 members (excludes halogenated alkanes) is 1. The monoisotopic (exact) mass is 447 g/mol. The summed E-state index contributed by atoms with van der Waals surface area (Å²) in [7, 11) is 0. The van der Waals surface area contributed by atoms with Crippen LogP contribution < -0.4 is 0 Å². The SMILES string of the molecule is CCCCOC(=O)CN(Cc1csc(C(=O)O)c1)C(=O)c1csc2cc(O)ccc12. The Hall–Kier alpha value is -2.91. The molecule has 0 radical (unpaired) electrons. The van der Waals surface area contributed by atoms with Crippen LogP contribution in [0.25, 0.3) is 10.1 Å². The number of amides is 1. The lowest BCUT2D eigenvalue weighted by atomic mass is 10.1. The molecule has 3 rings (SSSR count). The molecule has 2 N–H and O–H groups in total. The summed E-state index contributed by atoms with van der Waals surface area (Å²) in [4.78, 5) is 38.2. The number of carboxylic acid groups (broad SMARTS) is 1. The van der Waals surface area contributed by atoms with Gasteiger partial charge < -0.3 is 19.8 Å². The molecule has 0 aliphatic carbocycles. The fourth-order valence-electron chi connectivity index (χ4n) is 2.88. The van der Waals surface area contributed by atoms with Gasteiger partial charge in [-0.3, -0.25) is 9.59 Å². The molecule has 0 aliphatic heterocycles. The predicted octanol–water partition coefficient (Wildman–Crippen LogP) is 4.35. The molecular formula is C21H21NO6S2. The van der Waals surface area contributed by atoms with E-state index in [4.69, 9.17) is 9.84 Å². The average molecular weight is 448 g/mol. The van der Waals surface area contributed by atoms with E-state index in [-0.39, 0.29) is 29.6 Å². The van der Waals surface area contributed by atoms with E-state index in [1.165, 1.54) is 28.4 Å². The molecule has 2 heterocycles. The summed E-state index contributed by atoms with van der Waals surface area (Å²) in [5, 5.41) is 22.8. The third-order valence-corrected chi connectivity index (χ3v) is 6.31. The number of thiophene rings is 2. The van der Waals surface area contributed by atoms with Crippen molar-refractivity contribution in [2.24, 2.45) is 0 Å². The van der Waals surface area contributed by atoms with Gasteiger partial charge in [-0.1, -0.05) is 13.3 Å². The lowest BCUT2D eigenvalue weighted by Crippen LogP contribution is -2.36. The van der Waals surface area contributed by atoms with Crippen LogP contribution in [0.4, 0.5) is 0 Å². The molecule has 1 aromatic carbocycles. The van der Waals surface area contributed by atoms with Crippen molar-refractivity contribution in [3.8, 4) is 5.75 Å². The Labute approximate surface area is 181 Å². The van der Waals surface area contributed by atoms with Gasteiger partial charge in [0.25, 0.3) is 5.91 Å². The van der Waals surface area contributed by atoms with Gasteiger partial charge in [0.2, 0.25) is 0 Å². The van der Waals surface area contributed by atoms with Gasteiger partial charge in [0, 0.05) is 22.0 Å². The number of carbonyl (C=O) groups is 3. The zero-order chi connectivity index (χ0) is 21.7. The largest absolute Gasteiger partial charge is 0.508 e. The number of phenols is 1. The minimum atomic E-state index is -1.04. The number of carbonyl (C=O) groups excluding carboxylic acids is 2. The zero-order valence-electron chi connectivity index (χ0n) is 16.3. The van der Waals surface area contributed by atoms with Crippen molar-refractivity contribution in [3.05, 3.63) is 51.0 Å². The summed E-state index contributed by atoms with van der Waals surface area (Å²) in [6.45, 7) is 2.12. The second-order valence-corrected chi connectivity index (χ2v) is 8.51. The number of nitrogens with zero attached hydrogens (tertiary/aromatic N) is 1. The minimum absolute atomic E-state index is 0.0842. The number of ether oxygens (including phenoxy) is 1. The molecule has 30 heavy (non-hydrogen) atoms. The first-order valence-corrected chi connectivity index (χ1v) is 11.1. The van der Waals surface area contributed by atoms with Gasteiger partial charge in [-0.05, 0) is 41.6 Å². The van der Waals surface area contributed by atoms with Gasteiger partial charge in [0.05, 0.1) is 12.2 Å². The minimum Gasteiger partial charge on any atom is -0.508 e. The molecule has 0 atom stereocenters. The predicted molar refractivity (Wildman–Crippen MR) is 115 cm³/mol. The number of esters is 1. The molecule has 0 saturated heterocycles. The average Bonchev–Trinajstić information content (AvgIpc) is 3.34. The maximum absolute atomic E-state index is 13.3. The van der Waals surface area contributed by atoms with Crippen molar-refractivity contribution in [2.75, 3.05) is 13.2 Å². The number of phenolic OH excluding ortho intramolecular Hbond substituents is 1. The Morgan fingerprint density at radius 3 is 2.63 bits per heavy atom. The molecule has 0 unspecified atom stereocenters. The third kappa shape index (κ3) is 5.17. The highest BCUT2D eigenvalue weighted by atomic mass is 32.1. The van der Waals surface area contributed by atoms with Gasteiger partial charge in [-0.25, -0.2) is 4.79 Å². The Morgan fingerprint density at radius 2 is 1.93 bits per heavy atom. The lowest BCUT2D eigenvalue weighted by molar-refractivity contribution is -0.144. The standard InChI is InChI=1S/C21H21NO6S2/c1-2-3-6-28-19(24)10-22(9-13-7-18(21(26)27)29-11-13)20(25)16-12-30-17-8-14(23)4-5-15(16)17/h4-5,7-8,11-12,23H,2-3,6,9-10H2,1H3,(H,26,27). The molecular weight excluding hydrogens is 426 g/mol. The van der Waals surface area contributed by atoms with E-state index in [0.29, 0.717) is 23.1 Å². The third-order valence-electron chi connectivity index (χ3n) is 4.40. The van der Waals surface area contributed by atoms with Crippen molar-refractivity contribution < 1.29 is 29.3 Å². The van der Waals surface area contributed by atoms with Crippen LogP contribution in [0.1, 0.15) is 45.4 Å². The molecule has 0 fully saturated rings. The number of rotatable bonds is 9. The Morgan fingerprint density at radius 1 is 1.13 bits per heavy atom. The lowest BCUT2D eigenvalue weighted by Gasteiger charge is -2.21.